The number of carbonyl (C=O) groups excluding carboxylic acids is 2. The Morgan fingerprint density at radius 1 is 1.38 bits per heavy atom. The van der Waals surface area contributed by atoms with E-state index < -0.39 is 6.10 Å². The Labute approximate surface area is 151 Å². The van der Waals surface area contributed by atoms with Gasteiger partial charge in [0.15, 0.2) is 6.10 Å². The van der Waals surface area contributed by atoms with Crippen molar-refractivity contribution in [2.75, 3.05) is 19.7 Å². The minimum atomic E-state index is -0.704. The summed E-state index contributed by atoms with van der Waals surface area (Å²) in [6.07, 6.45) is 0.800. The average molecular weight is 374 g/mol. The van der Waals surface area contributed by atoms with E-state index in [1.165, 1.54) is 0 Å². The Morgan fingerprint density at radius 3 is 2.79 bits per heavy atom. The third-order valence-corrected chi connectivity index (χ3v) is 4.43. The lowest BCUT2D eigenvalue weighted by molar-refractivity contribution is -0.152. The van der Waals surface area contributed by atoms with Crippen LogP contribution in [0.1, 0.15) is 26.7 Å². The lowest BCUT2D eigenvalue weighted by Crippen LogP contribution is -2.47. The second kappa shape index (κ2) is 8.58. The molecule has 2 atom stereocenters. The molecule has 0 N–H and O–H groups in total. The van der Waals surface area contributed by atoms with Gasteiger partial charge in [0.1, 0.15) is 5.75 Å². The predicted octanol–water partition coefficient (Wildman–Crippen LogP) is 3.56. The molecule has 0 radical (unpaired) electrons. The van der Waals surface area contributed by atoms with E-state index in [0.717, 1.165) is 12.8 Å². The molecule has 1 fully saturated rings. The number of esters is 1. The summed E-state index contributed by atoms with van der Waals surface area (Å²) in [5.74, 6) is -0.283. The molecule has 0 bridgehead atoms. The van der Waals surface area contributed by atoms with Crippen LogP contribution in [0.5, 0.6) is 5.75 Å². The highest BCUT2D eigenvalue weighted by atomic mass is 35.5. The van der Waals surface area contributed by atoms with Gasteiger partial charge < -0.3 is 14.4 Å². The van der Waals surface area contributed by atoms with Crippen LogP contribution in [0, 0.1) is 5.92 Å². The van der Waals surface area contributed by atoms with Gasteiger partial charge in [0.05, 0.1) is 17.5 Å². The number of ether oxygens (including phenoxy) is 2. The van der Waals surface area contributed by atoms with Crippen molar-refractivity contribution in [2.45, 2.75) is 32.8 Å². The summed E-state index contributed by atoms with van der Waals surface area (Å²) in [4.78, 5) is 26.1. The van der Waals surface area contributed by atoms with Crippen LogP contribution in [0.2, 0.25) is 10.0 Å². The van der Waals surface area contributed by atoms with Gasteiger partial charge in [-0.15, -0.1) is 0 Å². The molecule has 1 aromatic rings. The number of hydrogen-bond donors (Lipinski definition) is 0. The average Bonchev–Trinajstić information content (AvgIpc) is 2.57. The Morgan fingerprint density at radius 2 is 2.12 bits per heavy atom. The normalized spacial score (nSPS) is 18.8. The molecule has 0 aromatic heterocycles. The molecule has 0 aliphatic carbocycles. The van der Waals surface area contributed by atoms with E-state index in [1.807, 2.05) is 0 Å². The first-order valence-corrected chi connectivity index (χ1v) is 8.75. The zero-order valence-electron chi connectivity index (χ0n) is 13.8. The Balaban J connectivity index is 1.98. The Hall–Kier alpha value is -1.46. The number of likely N-dealkylation sites (tertiary alicyclic amines) is 1. The lowest BCUT2D eigenvalue weighted by Gasteiger charge is -2.33. The number of benzene rings is 1. The summed E-state index contributed by atoms with van der Waals surface area (Å²) in [6, 6.07) is 4.84. The highest BCUT2D eigenvalue weighted by Crippen LogP contribution is 2.29. The zero-order chi connectivity index (χ0) is 17.7. The molecular weight excluding hydrogens is 353 g/mol. The number of nitrogens with zero attached hydrogens (tertiary/aromatic N) is 1. The molecule has 0 saturated carbocycles. The SMILES string of the molecule is CCOC(=O)[C@H]1CCCN(C(=O)[C@@H](C)Oc2ccc(Cl)cc2Cl)C1. The molecule has 24 heavy (non-hydrogen) atoms. The van der Waals surface area contributed by atoms with E-state index in [-0.39, 0.29) is 17.8 Å². The van der Waals surface area contributed by atoms with E-state index in [9.17, 15) is 9.59 Å². The first-order chi connectivity index (χ1) is 11.4. The van der Waals surface area contributed by atoms with Crippen molar-refractivity contribution in [3.05, 3.63) is 28.2 Å². The number of piperidine rings is 1. The Bertz CT molecular complexity index is 608. The van der Waals surface area contributed by atoms with Crippen LogP contribution in [0.15, 0.2) is 18.2 Å². The lowest BCUT2D eigenvalue weighted by atomic mass is 9.98. The summed E-state index contributed by atoms with van der Waals surface area (Å²) < 4.78 is 10.7. The highest BCUT2D eigenvalue weighted by molar-refractivity contribution is 6.35. The van der Waals surface area contributed by atoms with E-state index >= 15 is 0 Å². The first kappa shape index (κ1) is 18.9. The fraction of sp³-hybridized carbons (Fsp3) is 0.529. The molecule has 1 saturated heterocycles. The van der Waals surface area contributed by atoms with Crippen molar-refractivity contribution in [3.63, 3.8) is 0 Å². The molecule has 5 nitrogen and oxygen atoms in total. The number of rotatable bonds is 5. The van der Waals surface area contributed by atoms with E-state index in [0.29, 0.717) is 35.5 Å². The van der Waals surface area contributed by atoms with Crippen LogP contribution in [0.3, 0.4) is 0 Å². The van der Waals surface area contributed by atoms with Crippen molar-refractivity contribution in [1.82, 2.24) is 4.90 Å². The van der Waals surface area contributed by atoms with E-state index in [1.54, 1.807) is 36.9 Å². The van der Waals surface area contributed by atoms with Gasteiger partial charge in [-0.1, -0.05) is 23.2 Å². The van der Waals surface area contributed by atoms with Gasteiger partial charge >= 0.3 is 5.97 Å². The topological polar surface area (TPSA) is 55.8 Å². The highest BCUT2D eigenvalue weighted by Gasteiger charge is 2.32. The standard InChI is InChI=1S/C17H21Cl2NO4/c1-3-23-17(22)12-5-4-8-20(10-12)16(21)11(2)24-15-7-6-13(18)9-14(15)19/h6-7,9,11-12H,3-5,8,10H2,1-2H3/t11-,12+/m1/s1. The summed E-state index contributed by atoms with van der Waals surface area (Å²) in [7, 11) is 0. The monoisotopic (exact) mass is 373 g/mol. The summed E-state index contributed by atoms with van der Waals surface area (Å²) in [5, 5.41) is 0.852. The van der Waals surface area contributed by atoms with Gasteiger partial charge in [0, 0.05) is 18.1 Å². The molecule has 0 spiro atoms. The Kier molecular flexibility index (Phi) is 6.75. The molecule has 1 amide bonds. The predicted molar refractivity (Wildman–Crippen MR) is 92.5 cm³/mol. The van der Waals surface area contributed by atoms with Gasteiger partial charge in [-0.25, -0.2) is 0 Å². The number of carbonyl (C=O) groups is 2. The van der Waals surface area contributed by atoms with Crippen LogP contribution in [0.4, 0.5) is 0 Å². The molecule has 0 unspecified atom stereocenters. The van der Waals surface area contributed by atoms with Gasteiger partial charge in [-0.05, 0) is 44.9 Å². The van der Waals surface area contributed by atoms with Crippen molar-refractivity contribution in [2.24, 2.45) is 5.92 Å². The maximum Gasteiger partial charge on any atom is 0.310 e. The van der Waals surface area contributed by atoms with Gasteiger partial charge in [-0.2, -0.15) is 0 Å². The summed E-state index contributed by atoms with van der Waals surface area (Å²) >= 11 is 11.9. The maximum atomic E-state index is 12.6. The van der Waals surface area contributed by atoms with Gasteiger partial charge in [0.25, 0.3) is 5.91 Å². The molecular formula is C17H21Cl2NO4. The maximum absolute atomic E-state index is 12.6. The zero-order valence-corrected chi connectivity index (χ0v) is 15.3. The smallest absolute Gasteiger partial charge is 0.310 e. The summed E-state index contributed by atoms with van der Waals surface area (Å²) in [5.41, 5.74) is 0. The van der Waals surface area contributed by atoms with Crippen LogP contribution >= 0.6 is 23.2 Å². The van der Waals surface area contributed by atoms with Gasteiger partial charge in [-0.3, -0.25) is 9.59 Å². The second-order valence-electron chi connectivity index (χ2n) is 5.71. The van der Waals surface area contributed by atoms with Crippen molar-refractivity contribution in [1.29, 1.82) is 0 Å². The van der Waals surface area contributed by atoms with Crippen LogP contribution in [-0.4, -0.2) is 42.6 Å². The summed E-state index contributed by atoms with van der Waals surface area (Å²) in [6.45, 7) is 4.75. The van der Waals surface area contributed by atoms with Crippen LogP contribution in [0.25, 0.3) is 0 Å². The second-order valence-corrected chi connectivity index (χ2v) is 6.55. The first-order valence-electron chi connectivity index (χ1n) is 7.99. The third kappa shape index (κ3) is 4.77. The molecule has 1 aromatic carbocycles. The van der Waals surface area contributed by atoms with E-state index in [4.69, 9.17) is 32.7 Å². The van der Waals surface area contributed by atoms with Gasteiger partial charge in [0.2, 0.25) is 0 Å². The minimum Gasteiger partial charge on any atom is -0.479 e. The quantitative estimate of drug-likeness (QED) is 0.740. The van der Waals surface area contributed by atoms with Crippen LogP contribution < -0.4 is 4.74 Å². The van der Waals surface area contributed by atoms with Crippen molar-refractivity contribution in [3.8, 4) is 5.75 Å². The molecule has 1 aliphatic rings. The number of halogens is 2. The molecule has 132 valence electrons. The fourth-order valence-electron chi connectivity index (χ4n) is 2.70. The van der Waals surface area contributed by atoms with Crippen LogP contribution in [-0.2, 0) is 14.3 Å². The minimum absolute atomic E-state index is 0.171. The molecule has 1 heterocycles. The van der Waals surface area contributed by atoms with E-state index in [2.05, 4.69) is 0 Å². The number of hydrogen-bond acceptors (Lipinski definition) is 4. The fourth-order valence-corrected chi connectivity index (χ4v) is 3.15. The van der Waals surface area contributed by atoms with Crippen molar-refractivity contribution >= 4 is 35.1 Å². The largest absolute Gasteiger partial charge is 0.479 e. The molecule has 2 rings (SSSR count). The third-order valence-electron chi connectivity index (χ3n) is 3.90. The van der Waals surface area contributed by atoms with Crippen molar-refractivity contribution < 1.29 is 19.1 Å². The molecule has 1 aliphatic heterocycles. The number of amides is 1. The molecule has 7 heteroatoms.